The number of benzene rings is 1. The molecular formula is C19H29N3O3S. The van der Waals surface area contributed by atoms with Gasteiger partial charge in [0.2, 0.25) is 10.0 Å². The van der Waals surface area contributed by atoms with Crippen LogP contribution in [0.4, 0.5) is 0 Å². The Morgan fingerprint density at radius 3 is 2.46 bits per heavy atom. The molecule has 0 bridgehead atoms. The van der Waals surface area contributed by atoms with Crippen LogP contribution in [0.25, 0.3) is 0 Å². The minimum Gasteiger partial charge on any atom is -0.336 e. The van der Waals surface area contributed by atoms with E-state index in [-0.39, 0.29) is 16.8 Å². The number of amides is 1. The maximum absolute atomic E-state index is 13.1. The van der Waals surface area contributed by atoms with Gasteiger partial charge in [0, 0.05) is 44.3 Å². The standard InChI is InChI=1S/C19H29N3O3S/c1-14-9-15(2)12-22(11-14)26(24,25)18-6-4-5-17(10-18)19(23)21-8-7-20-16(3)13-21/h4-6,10,14-16,20H,7-9,11-13H2,1-3H3. The average Bonchev–Trinajstić information content (AvgIpc) is 2.60. The zero-order valence-electron chi connectivity index (χ0n) is 15.8. The molecule has 1 aromatic carbocycles. The number of hydrogen-bond donors (Lipinski definition) is 1. The van der Waals surface area contributed by atoms with E-state index < -0.39 is 10.0 Å². The van der Waals surface area contributed by atoms with Crippen LogP contribution in [0.3, 0.4) is 0 Å². The second kappa shape index (κ2) is 7.66. The molecule has 0 saturated carbocycles. The molecule has 0 spiro atoms. The molecule has 3 atom stereocenters. The summed E-state index contributed by atoms with van der Waals surface area (Å²) in [6, 6.07) is 6.75. The maximum Gasteiger partial charge on any atom is 0.253 e. The highest BCUT2D eigenvalue weighted by molar-refractivity contribution is 7.89. The van der Waals surface area contributed by atoms with E-state index in [0.717, 1.165) is 13.0 Å². The fourth-order valence-corrected chi connectivity index (χ4v) is 5.77. The van der Waals surface area contributed by atoms with Crippen molar-refractivity contribution in [1.29, 1.82) is 0 Å². The van der Waals surface area contributed by atoms with Gasteiger partial charge < -0.3 is 10.2 Å². The van der Waals surface area contributed by atoms with E-state index in [1.165, 1.54) is 6.07 Å². The highest BCUT2D eigenvalue weighted by atomic mass is 32.2. The second-order valence-corrected chi connectivity index (χ2v) is 9.84. The molecule has 3 rings (SSSR count). The molecule has 6 nitrogen and oxygen atoms in total. The molecule has 1 aromatic rings. The van der Waals surface area contributed by atoms with Crippen LogP contribution in [-0.2, 0) is 10.0 Å². The lowest BCUT2D eigenvalue weighted by molar-refractivity contribution is 0.0709. The summed E-state index contributed by atoms with van der Waals surface area (Å²) in [6.45, 7) is 9.33. The average molecular weight is 380 g/mol. The largest absolute Gasteiger partial charge is 0.336 e. The number of piperidine rings is 1. The molecule has 1 amide bonds. The quantitative estimate of drug-likeness (QED) is 0.869. The smallest absolute Gasteiger partial charge is 0.253 e. The Kier molecular flexibility index (Phi) is 5.69. The van der Waals surface area contributed by atoms with Crippen molar-refractivity contribution in [3.05, 3.63) is 29.8 Å². The van der Waals surface area contributed by atoms with Gasteiger partial charge in [-0.25, -0.2) is 8.42 Å². The van der Waals surface area contributed by atoms with Gasteiger partial charge >= 0.3 is 0 Å². The molecule has 3 unspecified atom stereocenters. The maximum atomic E-state index is 13.1. The SMILES string of the molecule is CC1CC(C)CN(S(=O)(=O)c2cccc(C(=O)N3CCNC(C)C3)c2)C1. The van der Waals surface area contributed by atoms with E-state index in [2.05, 4.69) is 19.2 Å². The number of carbonyl (C=O) groups excluding carboxylic acids is 1. The summed E-state index contributed by atoms with van der Waals surface area (Å²) in [5.41, 5.74) is 0.443. The zero-order chi connectivity index (χ0) is 18.9. The van der Waals surface area contributed by atoms with Crippen LogP contribution in [-0.4, -0.2) is 62.3 Å². The summed E-state index contributed by atoms with van der Waals surface area (Å²) in [4.78, 5) is 14.8. The van der Waals surface area contributed by atoms with E-state index in [4.69, 9.17) is 0 Å². The molecular weight excluding hydrogens is 350 g/mol. The Bertz CT molecular complexity index is 755. The van der Waals surface area contributed by atoms with Crippen LogP contribution in [0.2, 0.25) is 0 Å². The normalized spacial score (nSPS) is 28.1. The predicted molar refractivity (Wildman–Crippen MR) is 102 cm³/mol. The van der Waals surface area contributed by atoms with Crippen molar-refractivity contribution in [3.8, 4) is 0 Å². The van der Waals surface area contributed by atoms with Crippen LogP contribution in [0.5, 0.6) is 0 Å². The predicted octanol–water partition coefficient (Wildman–Crippen LogP) is 1.79. The van der Waals surface area contributed by atoms with Gasteiger partial charge in [0.05, 0.1) is 4.90 Å². The molecule has 2 aliphatic rings. The van der Waals surface area contributed by atoms with Crippen LogP contribution in [0, 0.1) is 11.8 Å². The van der Waals surface area contributed by atoms with E-state index in [0.29, 0.717) is 43.6 Å². The van der Waals surface area contributed by atoms with Gasteiger partial charge in [-0.05, 0) is 43.4 Å². The summed E-state index contributed by atoms with van der Waals surface area (Å²) in [7, 11) is -3.58. The van der Waals surface area contributed by atoms with Gasteiger partial charge in [-0.2, -0.15) is 4.31 Å². The van der Waals surface area contributed by atoms with Crippen molar-refractivity contribution in [2.24, 2.45) is 11.8 Å². The van der Waals surface area contributed by atoms with Crippen molar-refractivity contribution < 1.29 is 13.2 Å². The third-order valence-electron chi connectivity index (χ3n) is 5.21. The molecule has 144 valence electrons. The van der Waals surface area contributed by atoms with Gasteiger partial charge in [0.25, 0.3) is 5.91 Å². The van der Waals surface area contributed by atoms with Crippen LogP contribution >= 0.6 is 0 Å². The first-order chi connectivity index (χ1) is 12.3. The number of rotatable bonds is 3. The van der Waals surface area contributed by atoms with E-state index in [1.54, 1.807) is 27.4 Å². The summed E-state index contributed by atoms with van der Waals surface area (Å²) < 4.78 is 27.7. The van der Waals surface area contributed by atoms with Crippen LogP contribution in [0.15, 0.2) is 29.2 Å². The summed E-state index contributed by atoms with van der Waals surface area (Å²) in [5.74, 6) is 0.595. The number of nitrogens with zero attached hydrogens (tertiary/aromatic N) is 2. The van der Waals surface area contributed by atoms with Crippen LogP contribution in [0.1, 0.15) is 37.6 Å². The lowest BCUT2D eigenvalue weighted by Gasteiger charge is -2.34. The molecule has 0 aromatic heterocycles. The molecule has 7 heteroatoms. The van der Waals surface area contributed by atoms with E-state index >= 15 is 0 Å². The molecule has 0 aliphatic carbocycles. The number of carbonyl (C=O) groups is 1. The molecule has 2 heterocycles. The van der Waals surface area contributed by atoms with Gasteiger partial charge in [0.15, 0.2) is 0 Å². The number of piperazine rings is 1. The summed E-state index contributed by atoms with van der Waals surface area (Å²) in [6.07, 6.45) is 1.05. The third kappa shape index (κ3) is 4.10. The highest BCUT2D eigenvalue weighted by Crippen LogP contribution is 2.27. The molecule has 2 aliphatic heterocycles. The van der Waals surface area contributed by atoms with Crippen molar-refractivity contribution in [1.82, 2.24) is 14.5 Å². The molecule has 2 saturated heterocycles. The molecule has 1 N–H and O–H groups in total. The fraction of sp³-hybridized carbons (Fsp3) is 0.632. The Balaban J connectivity index is 1.83. The number of hydrogen-bond acceptors (Lipinski definition) is 4. The molecule has 2 fully saturated rings. The minimum absolute atomic E-state index is 0.101. The van der Waals surface area contributed by atoms with E-state index in [9.17, 15) is 13.2 Å². The van der Waals surface area contributed by atoms with Gasteiger partial charge in [-0.15, -0.1) is 0 Å². The fourth-order valence-electron chi connectivity index (χ4n) is 4.04. The molecule has 26 heavy (non-hydrogen) atoms. The minimum atomic E-state index is -3.58. The summed E-state index contributed by atoms with van der Waals surface area (Å²) in [5, 5.41) is 3.31. The van der Waals surface area contributed by atoms with Crippen LogP contribution < -0.4 is 5.32 Å². The zero-order valence-corrected chi connectivity index (χ0v) is 16.6. The van der Waals surface area contributed by atoms with Gasteiger partial charge in [-0.3, -0.25) is 4.79 Å². The second-order valence-electron chi connectivity index (χ2n) is 7.90. The van der Waals surface area contributed by atoms with Crippen molar-refractivity contribution >= 4 is 15.9 Å². The third-order valence-corrected chi connectivity index (χ3v) is 7.04. The van der Waals surface area contributed by atoms with Crippen molar-refractivity contribution in [2.75, 3.05) is 32.7 Å². The van der Waals surface area contributed by atoms with Crippen molar-refractivity contribution in [3.63, 3.8) is 0 Å². The van der Waals surface area contributed by atoms with Gasteiger partial charge in [0.1, 0.15) is 0 Å². The Morgan fingerprint density at radius 2 is 1.81 bits per heavy atom. The lowest BCUT2D eigenvalue weighted by Crippen LogP contribution is -2.51. The number of sulfonamides is 1. The Labute approximate surface area is 156 Å². The summed E-state index contributed by atoms with van der Waals surface area (Å²) >= 11 is 0. The highest BCUT2D eigenvalue weighted by Gasteiger charge is 2.32. The first-order valence-electron chi connectivity index (χ1n) is 9.40. The Hall–Kier alpha value is -1.44. The van der Waals surface area contributed by atoms with E-state index in [1.807, 2.05) is 6.92 Å². The first-order valence-corrected chi connectivity index (χ1v) is 10.8. The van der Waals surface area contributed by atoms with Gasteiger partial charge in [-0.1, -0.05) is 19.9 Å². The topological polar surface area (TPSA) is 69.7 Å². The van der Waals surface area contributed by atoms with Crippen molar-refractivity contribution in [2.45, 2.75) is 38.1 Å². The molecule has 0 radical (unpaired) electrons. The monoisotopic (exact) mass is 379 g/mol. The Morgan fingerprint density at radius 1 is 1.12 bits per heavy atom. The number of nitrogens with one attached hydrogen (secondary N) is 1. The lowest BCUT2D eigenvalue weighted by atomic mass is 9.94. The first kappa shape index (κ1) is 19.3.